The number of imidazole rings is 1. The van der Waals surface area contributed by atoms with Crippen LogP contribution in [0.15, 0.2) is 16.9 Å². The second-order valence-corrected chi connectivity index (χ2v) is 7.97. The first-order valence-corrected chi connectivity index (χ1v) is 8.23. The number of aromatic amines is 1. The molecule has 108 valence electrons. The topological polar surface area (TPSA) is 50.7 Å². The number of hydrogen-bond donors (Lipinski definition) is 1. The summed E-state index contributed by atoms with van der Waals surface area (Å²) in [6.07, 6.45) is 6.96. The fourth-order valence-corrected chi connectivity index (χ4v) is 7.15. The molecule has 2 bridgehead atoms. The van der Waals surface area contributed by atoms with E-state index in [2.05, 4.69) is 16.5 Å². The van der Waals surface area contributed by atoms with E-state index in [1.54, 1.807) is 6.07 Å². The van der Waals surface area contributed by atoms with Crippen molar-refractivity contribution < 1.29 is 0 Å². The highest BCUT2D eigenvalue weighted by Gasteiger charge is 2.81. The maximum atomic E-state index is 11.8. The molecular weight excluding hydrogens is 262 g/mol. The average molecular weight is 281 g/mol. The molecule has 2 aromatic rings. The zero-order valence-electron chi connectivity index (χ0n) is 12.2. The van der Waals surface area contributed by atoms with Crippen LogP contribution in [0.3, 0.4) is 0 Å². The molecule has 5 atom stereocenters. The molecule has 0 saturated heterocycles. The molecule has 21 heavy (non-hydrogen) atoms. The summed E-state index contributed by atoms with van der Waals surface area (Å²) < 4.78 is 2.44. The molecule has 0 aromatic carbocycles. The van der Waals surface area contributed by atoms with Crippen molar-refractivity contribution in [1.29, 1.82) is 0 Å². The maximum absolute atomic E-state index is 11.8. The van der Waals surface area contributed by atoms with Crippen molar-refractivity contribution in [3.8, 4) is 0 Å². The average Bonchev–Trinajstić information content (AvgIpc) is 3.01. The highest BCUT2D eigenvalue weighted by molar-refractivity contribution is 5.72. The third kappa shape index (κ3) is 0.921. The fraction of sp³-hybridized carbons (Fsp3) is 0.647. The van der Waals surface area contributed by atoms with Crippen molar-refractivity contribution in [1.82, 2.24) is 14.5 Å². The van der Waals surface area contributed by atoms with E-state index in [1.165, 1.54) is 32.1 Å². The molecule has 5 unspecified atom stereocenters. The first kappa shape index (κ1) is 11.0. The van der Waals surface area contributed by atoms with E-state index in [9.17, 15) is 4.79 Å². The number of H-pyrrole nitrogens is 1. The second-order valence-electron chi connectivity index (χ2n) is 7.97. The zero-order chi connectivity index (χ0) is 14.0. The molecule has 2 heterocycles. The predicted molar refractivity (Wildman–Crippen MR) is 79.1 cm³/mol. The van der Waals surface area contributed by atoms with Crippen molar-refractivity contribution in [2.45, 2.75) is 44.6 Å². The van der Waals surface area contributed by atoms with Gasteiger partial charge in [0.1, 0.15) is 17.0 Å². The van der Waals surface area contributed by atoms with Crippen molar-refractivity contribution >= 4 is 11.2 Å². The lowest BCUT2D eigenvalue weighted by molar-refractivity contribution is -0.230. The molecular formula is C17H19N3O. The Balaban J connectivity index is 1.67. The Morgan fingerprint density at radius 2 is 2.14 bits per heavy atom. The van der Waals surface area contributed by atoms with Crippen molar-refractivity contribution in [2.75, 3.05) is 0 Å². The molecule has 4 aliphatic carbocycles. The minimum atomic E-state index is -0.0123. The fourth-order valence-electron chi connectivity index (χ4n) is 7.15. The summed E-state index contributed by atoms with van der Waals surface area (Å²) in [6, 6.07) is 3.46. The Kier molecular flexibility index (Phi) is 1.56. The zero-order valence-corrected chi connectivity index (χ0v) is 12.2. The van der Waals surface area contributed by atoms with Gasteiger partial charge in [0.05, 0.1) is 5.54 Å². The van der Waals surface area contributed by atoms with E-state index in [1.807, 2.05) is 6.07 Å². The number of hydrogen-bond acceptors (Lipinski definition) is 2. The van der Waals surface area contributed by atoms with Crippen LogP contribution in [0.4, 0.5) is 0 Å². The highest BCUT2D eigenvalue weighted by Crippen LogP contribution is 2.85. The summed E-state index contributed by atoms with van der Waals surface area (Å²) in [6.45, 7) is 2.11. The van der Waals surface area contributed by atoms with Gasteiger partial charge in [-0.25, -0.2) is 4.98 Å². The van der Waals surface area contributed by atoms with Gasteiger partial charge in [-0.15, -0.1) is 0 Å². The Bertz CT molecular complexity index is 865. The van der Waals surface area contributed by atoms with Crippen LogP contribution in [0.1, 0.15) is 37.9 Å². The van der Waals surface area contributed by atoms with Crippen molar-refractivity contribution in [2.24, 2.45) is 23.2 Å². The van der Waals surface area contributed by atoms with Crippen LogP contribution in [0, 0.1) is 30.1 Å². The van der Waals surface area contributed by atoms with Gasteiger partial charge >= 0.3 is 0 Å². The summed E-state index contributed by atoms with van der Waals surface area (Å²) in [5, 5.41) is 0. The molecule has 4 nitrogen and oxygen atoms in total. The smallest absolute Gasteiger partial charge is 0.249 e. The van der Waals surface area contributed by atoms with Gasteiger partial charge in [-0.2, -0.15) is 0 Å². The number of nitrogens with one attached hydrogen (secondary N) is 1. The molecule has 1 N–H and O–H groups in total. The maximum Gasteiger partial charge on any atom is 0.249 e. The van der Waals surface area contributed by atoms with E-state index in [-0.39, 0.29) is 11.1 Å². The molecule has 0 radical (unpaired) electrons. The summed E-state index contributed by atoms with van der Waals surface area (Å²) in [5.74, 6) is 3.89. The number of aromatic nitrogens is 3. The monoisotopic (exact) mass is 281 g/mol. The van der Waals surface area contributed by atoms with E-state index in [4.69, 9.17) is 4.98 Å². The minimum absolute atomic E-state index is 0.0123. The summed E-state index contributed by atoms with van der Waals surface area (Å²) >= 11 is 0. The van der Waals surface area contributed by atoms with Crippen LogP contribution in [0.2, 0.25) is 0 Å². The first-order valence-electron chi connectivity index (χ1n) is 8.23. The summed E-state index contributed by atoms with van der Waals surface area (Å²) in [7, 11) is 0. The molecule has 0 amide bonds. The Hall–Kier alpha value is -1.58. The van der Waals surface area contributed by atoms with Crippen molar-refractivity contribution in [3.63, 3.8) is 0 Å². The molecule has 4 heteroatoms. The number of fused-ring (bicyclic) bond motifs is 2. The molecule has 4 saturated carbocycles. The van der Waals surface area contributed by atoms with Gasteiger partial charge in [-0.3, -0.25) is 4.79 Å². The third-order valence-corrected chi connectivity index (χ3v) is 7.48. The van der Waals surface area contributed by atoms with Crippen LogP contribution in [0.25, 0.3) is 11.2 Å². The van der Waals surface area contributed by atoms with Gasteiger partial charge in [-0.05, 0) is 62.8 Å². The van der Waals surface area contributed by atoms with Crippen LogP contribution in [0.5, 0.6) is 0 Å². The molecule has 6 rings (SSSR count). The van der Waals surface area contributed by atoms with Gasteiger partial charge in [-0.1, -0.05) is 0 Å². The quantitative estimate of drug-likeness (QED) is 0.873. The van der Waals surface area contributed by atoms with E-state index < -0.39 is 0 Å². The number of pyridine rings is 1. The summed E-state index contributed by atoms with van der Waals surface area (Å²) in [5.41, 5.74) is 2.72. The van der Waals surface area contributed by atoms with Crippen molar-refractivity contribution in [3.05, 3.63) is 28.3 Å². The molecule has 4 fully saturated rings. The highest BCUT2D eigenvalue weighted by atomic mass is 16.1. The first-order chi connectivity index (χ1) is 10.1. The predicted octanol–water partition coefficient (Wildman–Crippen LogP) is 2.57. The minimum Gasteiger partial charge on any atom is -0.308 e. The van der Waals surface area contributed by atoms with Crippen LogP contribution < -0.4 is 5.56 Å². The Labute approximate surface area is 122 Å². The second kappa shape index (κ2) is 2.96. The SMILES string of the molecule is Cc1nc2ccc(=O)[nH]c2n1C12CC3CC4CC(C1)C42C3. The van der Waals surface area contributed by atoms with Gasteiger partial charge in [0.15, 0.2) is 0 Å². The lowest BCUT2D eigenvalue weighted by atomic mass is 9.35. The van der Waals surface area contributed by atoms with Gasteiger partial charge in [0.2, 0.25) is 5.56 Å². The molecule has 4 aliphatic rings. The van der Waals surface area contributed by atoms with E-state index >= 15 is 0 Å². The normalized spacial score (nSPS) is 45.5. The van der Waals surface area contributed by atoms with Crippen LogP contribution in [-0.4, -0.2) is 14.5 Å². The van der Waals surface area contributed by atoms with E-state index in [0.717, 1.165) is 34.7 Å². The van der Waals surface area contributed by atoms with Gasteiger partial charge in [0, 0.05) is 11.5 Å². The third-order valence-electron chi connectivity index (χ3n) is 7.48. The number of rotatable bonds is 1. The van der Waals surface area contributed by atoms with Crippen LogP contribution in [-0.2, 0) is 5.54 Å². The standard InChI is InChI=1S/C17H19N3O/c1-9-18-13-2-3-14(21)19-15(13)20(9)16-6-10-4-11-5-12(8-16)17(11,16)7-10/h2-3,10-12H,4-8H2,1H3,(H,19,21). The Morgan fingerprint density at radius 3 is 2.95 bits per heavy atom. The van der Waals surface area contributed by atoms with Gasteiger partial charge < -0.3 is 9.55 Å². The van der Waals surface area contributed by atoms with Crippen LogP contribution >= 0.6 is 0 Å². The Morgan fingerprint density at radius 1 is 1.24 bits per heavy atom. The molecule has 0 aliphatic heterocycles. The molecule has 1 spiro atoms. The number of aryl methyl sites for hydroxylation is 1. The largest absolute Gasteiger partial charge is 0.308 e. The lowest BCUT2D eigenvalue weighted by Crippen LogP contribution is -2.71. The number of nitrogens with zero attached hydrogens (tertiary/aromatic N) is 2. The lowest BCUT2D eigenvalue weighted by Gasteiger charge is -2.73. The summed E-state index contributed by atoms with van der Waals surface area (Å²) in [4.78, 5) is 19.6. The molecule has 2 aromatic heterocycles. The van der Waals surface area contributed by atoms with E-state index in [0.29, 0.717) is 5.41 Å². The van der Waals surface area contributed by atoms with Gasteiger partial charge in [0.25, 0.3) is 0 Å².